The molecule has 90 valence electrons. The molecule has 1 amide bonds. The molecule has 0 aliphatic heterocycles. The zero-order valence-corrected chi connectivity index (χ0v) is 10.1. The summed E-state index contributed by atoms with van der Waals surface area (Å²) in [5.74, 6) is -0.315. The maximum Gasteiger partial charge on any atom is 0.271 e. The molecule has 0 radical (unpaired) electrons. The van der Waals surface area contributed by atoms with Crippen molar-refractivity contribution in [2.45, 2.75) is 0 Å². The summed E-state index contributed by atoms with van der Waals surface area (Å²) in [6.07, 6.45) is 3.13. The molecule has 2 aromatic rings. The van der Waals surface area contributed by atoms with Gasteiger partial charge >= 0.3 is 0 Å². The van der Waals surface area contributed by atoms with Gasteiger partial charge in [0, 0.05) is 16.8 Å². The van der Waals surface area contributed by atoms with Crippen LogP contribution < -0.4 is 5.43 Å². The predicted molar refractivity (Wildman–Crippen MR) is 70.7 cm³/mol. The third-order valence-electron chi connectivity index (χ3n) is 2.14. The number of rotatable bonds is 3. The zero-order chi connectivity index (χ0) is 12.8. The average molecular weight is 260 g/mol. The summed E-state index contributed by atoms with van der Waals surface area (Å²) in [5, 5.41) is 4.33. The summed E-state index contributed by atoms with van der Waals surface area (Å²) in [7, 11) is 0. The van der Waals surface area contributed by atoms with Crippen molar-refractivity contribution >= 4 is 23.7 Å². The highest BCUT2D eigenvalue weighted by atomic mass is 35.5. The first-order valence-electron chi connectivity index (χ1n) is 5.26. The van der Waals surface area contributed by atoms with Crippen LogP contribution in [0.4, 0.5) is 0 Å². The molecule has 1 aromatic carbocycles. The van der Waals surface area contributed by atoms with E-state index in [1.807, 2.05) is 12.1 Å². The zero-order valence-electron chi connectivity index (χ0n) is 9.38. The number of carbonyl (C=O) groups excluding carboxylic acids is 1. The Labute approximate surface area is 109 Å². The van der Waals surface area contributed by atoms with Crippen molar-refractivity contribution in [3.05, 3.63) is 64.9 Å². The summed E-state index contributed by atoms with van der Waals surface area (Å²) in [5.41, 5.74) is 3.54. The molecular formula is C13H10ClN3O. The molecule has 0 fully saturated rings. The fraction of sp³-hybridized carbons (Fsp3) is 0. The first-order valence-corrected chi connectivity index (χ1v) is 5.63. The van der Waals surface area contributed by atoms with Crippen LogP contribution in [0.25, 0.3) is 0 Å². The normalized spacial score (nSPS) is 10.5. The fourth-order valence-corrected chi connectivity index (χ4v) is 1.49. The molecule has 4 nitrogen and oxygen atoms in total. The smallest absolute Gasteiger partial charge is 0.267 e. The summed E-state index contributed by atoms with van der Waals surface area (Å²) < 4.78 is 0. The van der Waals surface area contributed by atoms with Gasteiger partial charge < -0.3 is 0 Å². The van der Waals surface area contributed by atoms with E-state index in [0.717, 1.165) is 0 Å². The van der Waals surface area contributed by atoms with E-state index in [4.69, 9.17) is 11.6 Å². The molecule has 0 aliphatic rings. The molecule has 18 heavy (non-hydrogen) atoms. The number of pyridine rings is 1. The first-order chi connectivity index (χ1) is 8.75. The maximum atomic E-state index is 11.7. The number of amides is 1. The van der Waals surface area contributed by atoms with Gasteiger partial charge in [-0.2, -0.15) is 5.10 Å². The molecule has 2 rings (SSSR count). The van der Waals surface area contributed by atoms with E-state index in [9.17, 15) is 4.79 Å². The van der Waals surface area contributed by atoms with Crippen LogP contribution in [0, 0.1) is 0 Å². The molecule has 5 heteroatoms. The third kappa shape index (κ3) is 3.40. The van der Waals surface area contributed by atoms with E-state index in [1.165, 1.54) is 6.21 Å². The Hall–Kier alpha value is -2.20. The second kappa shape index (κ2) is 5.93. The predicted octanol–water partition coefficient (Wildman–Crippen LogP) is 2.50. The van der Waals surface area contributed by atoms with E-state index >= 15 is 0 Å². The van der Waals surface area contributed by atoms with Gasteiger partial charge in [0.05, 0.1) is 11.9 Å². The second-order valence-electron chi connectivity index (χ2n) is 3.46. The number of hydrogen-bond donors (Lipinski definition) is 1. The van der Waals surface area contributed by atoms with Gasteiger partial charge in [0.2, 0.25) is 0 Å². The van der Waals surface area contributed by atoms with E-state index < -0.39 is 0 Å². The van der Waals surface area contributed by atoms with Crippen LogP contribution in [-0.2, 0) is 0 Å². The van der Waals surface area contributed by atoms with Crippen molar-refractivity contribution in [3.63, 3.8) is 0 Å². The number of nitrogens with one attached hydrogen (secondary N) is 1. The summed E-state index contributed by atoms with van der Waals surface area (Å²) in [4.78, 5) is 15.7. The van der Waals surface area contributed by atoms with E-state index in [1.54, 1.807) is 36.5 Å². The lowest BCUT2D eigenvalue weighted by molar-refractivity contribution is 0.0955. The maximum absolute atomic E-state index is 11.7. The molecule has 0 aliphatic carbocycles. The lowest BCUT2D eigenvalue weighted by Gasteiger charge is -1.99. The monoisotopic (exact) mass is 259 g/mol. The van der Waals surface area contributed by atoms with Crippen molar-refractivity contribution in [3.8, 4) is 0 Å². The molecule has 0 unspecified atom stereocenters. The van der Waals surface area contributed by atoms with Crippen molar-refractivity contribution in [1.82, 2.24) is 10.4 Å². The lowest BCUT2D eigenvalue weighted by atomic mass is 10.2. The summed E-state index contributed by atoms with van der Waals surface area (Å²) in [6.45, 7) is 0. The van der Waals surface area contributed by atoms with Gasteiger partial charge in [-0.05, 0) is 30.3 Å². The van der Waals surface area contributed by atoms with Crippen LogP contribution >= 0.6 is 11.6 Å². The Morgan fingerprint density at radius 1 is 1.28 bits per heavy atom. The van der Waals surface area contributed by atoms with E-state index in [2.05, 4.69) is 15.5 Å². The van der Waals surface area contributed by atoms with Crippen LogP contribution in [0.15, 0.2) is 53.8 Å². The average Bonchev–Trinajstić information content (AvgIpc) is 2.40. The second-order valence-corrected chi connectivity index (χ2v) is 3.90. The van der Waals surface area contributed by atoms with E-state index in [-0.39, 0.29) is 5.91 Å². The van der Waals surface area contributed by atoms with Crippen molar-refractivity contribution in [2.75, 3.05) is 0 Å². The number of carbonyl (C=O) groups is 1. The topological polar surface area (TPSA) is 54.4 Å². The molecule has 1 aromatic heterocycles. The van der Waals surface area contributed by atoms with E-state index in [0.29, 0.717) is 16.3 Å². The molecule has 1 heterocycles. The van der Waals surface area contributed by atoms with Crippen LogP contribution in [0.1, 0.15) is 16.1 Å². The number of halogens is 1. The van der Waals surface area contributed by atoms with Crippen LogP contribution in [-0.4, -0.2) is 17.1 Å². The molecule has 0 spiro atoms. The Morgan fingerprint density at radius 3 is 2.89 bits per heavy atom. The minimum Gasteiger partial charge on any atom is -0.267 e. The van der Waals surface area contributed by atoms with Gasteiger partial charge in [-0.3, -0.25) is 9.78 Å². The number of aromatic nitrogens is 1. The van der Waals surface area contributed by atoms with Crippen molar-refractivity contribution in [2.24, 2.45) is 5.10 Å². The highest BCUT2D eigenvalue weighted by Gasteiger charge is 2.03. The number of hydrazone groups is 1. The fourth-order valence-electron chi connectivity index (χ4n) is 1.30. The van der Waals surface area contributed by atoms with Gasteiger partial charge in [0.25, 0.3) is 5.91 Å². The Morgan fingerprint density at radius 2 is 2.17 bits per heavy atom. The molecule has 0 bridgehead atoms. The van der Waals surface area contributed by atoms with Crippen molar-refractivity contribution < 1.29 is 4.79 Å². The van der Waals surface area contributed by atoms with Crippen LogP contribution in [0.2, 0.25) is 5.02 Å². The number of benzene rings is 1. The van der Waals surface area contributed by atoms with Crippen LogP contribution in [0.5, 0.6) is 0 Å². The molecule has 0 saturated heterocycles. The third-order valence-corrected chi connectivity index (χ3v) is 2.37. The summed E-state index contributed by atoms with van der Waals surface area (Å²) >= 11 is 5.79. The quantitative estimate of drug-likeness (QED) is 0.680. The van der Waals surface area contributed by atoms with Gasteiger partial charge in [0.15, 0.2) is 0 Å². The first kappa shape index (κ1) is 12.3. The number of hydrogen-bond acceptors (Lipinski definition) is 3. The molecule has 0 atom stereocenters. The highest BCUT2D eigenvalue weighted by molar-refractivity contribution is 6.30. The molecule has 1 N–H and O–H groups in total. The minimum atomic E-state index is -0.315. The number of nitrogens with zero attached hydrogens (tertiary/aromatic N) is 2. The molecule has 0 saturated carbocycles. The van der Waals surface area contributed by atoms with Gasteiger partial charge in [-0.1, -0.05) is 23.7 Å². The highest BCUT2D eigenvalue weighted by Crippen LogP contribution is 2.10. The Balaban J connectivity index is 1.99. The van der Waals surface area contributed by atoms with Gasteiger partial charge in [-0.25, -0.2) is 5.43 Å². The summed E-state index contributed by atoms with van der Waals surface area (Å²) in [6, 6.07) is 12.1. The van der Waals surface area contributed by atoms with Gasteiger partial charge in [0.1, 0.15) is 0 Å². The molecular weight excluding hydrogens is 250 g/mol. The SMILES string of the molecule is O=C(NN=Cc1ccccn1)c1cccc(Cl)c1. The standard InChI is InChI=1S/C13H10ClN3O/c14-11-5-3-4-10(8-11)13(18)17-16-9-12-6-1-2-7-15-12/h1-9H,(H,17,18). The van der Waals surface area contributed by atoms with Crippen LogP contribution in [0.3, 0.4) is 0 Å². The van der Waals surface area contributed by atoms with Crippen molar-refractivity contribution in [1.29, 1.82) is 0 Å². The largest absolute Gasteiger partial charge is 0.271 e. The minimum absolute atomic E-state index is 0.315. The lowest BCUT2D eigenvalue weighted by Crippen LogP contribution is -2.17. The Kier molecular flexibility index (Phi) is 4.04. The van der Waals surface area contributed by atoms with Gasteiger partial charge in [-0.15, -0.1) is 0 Å². The Bertz CT molecular complexity index is 569.